The van der Waals surface area contributed by atoms with Gasteiger partial charge < -0.3 is 14.2 Å². The van der Waals surface area contributed by atoms with E-state index in [9.17, 15) is 4.79 Å². The number of carbonyl (C=O) groups is 1. The summed E-state index contributed by atoms with van der Waals surface area (Å²) in [5, 5.41) is 0. The van der Waals surface area contributed by atoms with Gasteiger partial charge in [-0.05, 0) is 24.1 Å². The highest BCUT2D eigenvalue weighted by molar-refractivity contribution is 5.78. The SMILES string of the molecule is CCCc1ccc(OCC(=O)N2CCc3ncn(C)c3C2)cc1. The number of fused-ring (bicyclic) bond motifs is 1. The van der Waals surface area contributed by atoms with Gasteiger partial charge in [0.25, 0.3) is 5.91 Å². The predicted molar refractivity (Wildman–Crippen MR) is 88.3 cm³/mol. The normalized spacial score (nSPS) is 13.7. The molecular formula is C18H23N3O2. The fourth-order valence-corrected chi connectivity index (χ4v) is 2.91. The molecular weight excluding hydrogens is 290 g/mol. The average Bonchev–Trinajstić information content (AvgIpc) is 2.95. The summed E-state index contributed by atoms with van der Waals surface area (Å²) < 4.78 is 7.63. The van der Waals surface area contributed by atoms with Crippen molar-refractivity contribution in [1.29, 1.82) is 0 Å². The van der Waals surface area contributed by atoms with Crippen LogP contribution in [-0.4, -0.2) is 33.5 Å². The van der Waals surface area contributed by atoms with E-state index in [0.717, 1.165) is 36.4 Å². The van der Waals surface area contributed by atoms with Crippen molar-refractivity contribution < 1.29 is 9.53 Å². The number of hydrogen-bond donors (Lipinski definition) is 0. The predicted octanol–water partition coefficient (Wildman–Crippen LogP) is 2.34. The number of amides is 1. The minimum absolute atomic E-state index is 0.0227. The molecule has 0 saturated heterocycles. The number of hydrogen-bond acceptors (Lipinski definition) is 3. The fraction of sp³-hybridized carbons (Fsp3) is 0.444. The summed E-state index contributed by atoms with van der Waals surface area (Å²) in [7, 11) is 1.97. The maximum Gasteiger partial charge on any atom is 0.260 e. The number of aryl methyl sites for hydroxylation is 2. The minimum atomic E-state index is 0.0227. The molecule has 5 heteroatoms. The van der Waals surface area contributed by atoms with Crippen molar-refractivity contribution in [2.24, 2.45) is 7.05 Å². The molecule has 0 atom stereocenters. The van der Waals surface area contributed by atoms with Crippen molar-refractivity contribution >= 4 is 5.91 Å². The van der Waals surface area contributed by atoms with Gasteiger partial charge in [0, 0.05) is 20.0 Å². The molecule has 0 bridgehead atoms. The summed E-state index contributed by atoms with van der Waals surface area (Å²) in [5.74, 6) is 0.769. The smallest absolute Gasteiger partial charge is 0.260 e. The van der Waals surface area contributed by atoms with Gasteiger partial charge in [-0.25, -0.2) is 4.98 Å². The molecule has 0 aliphatic carbocycles. The molecule has 1 aromatic heterocycles. The molecule has 2 heterocycles. The molecule has 23 heavy (non-hydrogen) atoms. The molecule has 0 fully saturated rings. The second-order valence-electron chi connectivity index (χ2n) is 6.00. The summed E-state index contributed by atoms with van der Waals surface area (Å²) in [6, 6.07) is 8.00. The zero-order chi connectivity index (χ0) is 16.2. The Morgan fingerprint density at radius 1 is 1.30 bits per heavy atom. The molecule has 1 aliphatic heterocycles. The number of aromatic nitrogens is 2. The summed E-state index contributed by atoms with van der Waals surface area (Å²) in [6.07, 6.45) is 4.82. The van der Waals surface area contributed by atoms with Crippen LogP contribution in [0.2, 0.25) is 0 Å². The van der Waals surface area contributed by atoms with E-state index in [1.54, 1.807) is 0 Å². The van der Waals surface area contributed by atoms with Crippen LogP contribution in [0.3, 0.4) is 0 Å². The van der Waals surface area contributed by atoms with Gasteiger partial charge in [-0.15, -0.1) is 0 Å². The second-order valence-corrected chi connectivity index (χ2v) is 6.00. The Hall–Kier alpha value is -2.30. The molecule has 2 aromatic rings. The van der Waals surface area contributed by atoms with Crippen LogP contribution in [0, 0.1) is 0 Å². The summed E-state index contributed by atoms with van der Waals surface area (Å²) >= 11 is 0. The number of benzene rings is 1. The number of rotatable bonds is 5. The number of carbonyl (C=O) groups excluding carboxylic acids is 1. The second kappa shape index (κ2) is 6.86. The average molecular weight is 313 g/mol. The van der Waals surface area contributed by atoms with E-state index in [1.807, 2.05) is 35.0 Å². The molecule has 3 rings (SSSR count). The molecule has 0 N–H and O–H groups in total. The number of imidazole rings is 1. The van der Waals surface area contributed by atoms with Crippen LogP contribution >= 0.6 is 0 Å². The van der Waals surface area contributed by atoms with Crippen molar-refractivity contribution in [3.8, 4) is 5.75 Å². The Morgan fingerprint density at radius 3 is 2.83 bits per heavy atom. The van der Waals surface area contributed by atoms with Crippen LogP contribution in [0.25, 0.3) is 0 Å². The lowest BCUT2D eigenvalue weighted by molar-refractivity contribution is -0.134. The van der Waals surface area contributed by atoms with E-state index in [2.05, 4.69) is 24.0 Å². The molecule has 0 unspecified atom stereocenters. The van der Waals surface area contributed by atoms with E-state index in [0.29, 0.717) is 13.1 Å². The zero-order valence-electron chi connectivity index (χ0n) is 13.8. The Morgan fingerprint density at radius 2 is 2.09 bits per heavy atom. The van der Waals surface area contributed by atoms with E-state index >= 15 is 0 Å². The van der Waals surface area contributed by atoms with Crippen LogP contribution in [0.4, 0.5) is 0 Å². The van der Waals surface area contributed by atoms with Gasteiger partial charge in [0.1, 0.15) is 5.75 Å². The van der Waals surface area contributed by atoms with Gasteiger partial charge in [-0.3, -0.25) is 4.79 Å². The molecule has 1 amide bonds. The van der Waals surface area contributed by atoms with E-state index in [-0.39, 0.29) is 12.5 Å². The summed E-state index contributed by atoms with van der Waals surface area (Å²) in [5.41, 5.74) is 3.52. The molecule has 122 valence electrons. The summed E-state index contributed by atoms with van der Waals surface area (Å²) in [4.78, 5) is 18.6. The maximum atomic E-state index is 12.4. The third-order valence-corrected chi connectivity index (χ3v) is 4.28. The van der Waals surface area contributed by atoms with Gasteiger partial charge in [0.05, 0.1) is 24.3 Å². The van der Waals surface area contributed by atoms with E-state index in [4.69, 9.17) is 4.74 Å². The molecule has 0 spiro atoms. The van der Waals surface area contributed by atoms with Crippen molar-refractivity contribution in [1.82, 2.24) is 14.5 Å². The Kier molecular flexibility index (Phi) is 4.65. The lowest BCUT2D eigenvalue weighted by atomic mass is 10.1. The Bertz CT molecular complexity index is 676. The highest BCUT2D eigenvalue weighted by atomic mass is 16.5. The molecule has 1 aliphatic rings. The van der Waals surface area contributed by atoms with Crippen LogP contribution in [0.15, 0.2) is 30.6 Å². The van der Waals surface area contributed by atoms with Crippen LogP contribution in [0.1, 0.15) is 30.3 Å². The van der Waals surface area contributed by atoms with Gasteiger partial charge in [0.15, 0.2) is 6.61 Å². The van der Waals surface area contributed by atoms with Crippen LogP contribution < -0.4 is 4.74 Å². The molecule has 0 saturated carbocycles. The minimum Gasteiger partial charge on any atom is -0.484 e. The first-order valence-corrected chi connectivity index (χ1v) is 8.16. The number of nitrogens with zero attached hydrogens (tertiary/aromatic N) is 3. The van der Waals surface area contributed by atoms with Crippen molar-refractivity contribution in [2.75, 3.05) is 13.2 Å². The third kappa shape index (κ3) is 3.55. The maximum absolute atomic E-state index is 12.4. The van der Waals surface area contributed by atoms with Crippen LogP contribution in [-0.2, 0) is 31.2 Å². The first kappa shape index (κ1) is 15.6. The third-order valence-electron chi connectivity index (χ3n) is 4.28. The number of ether oxygens (including phenoxy) is 1. The quantitative estimate of drug-likeness (QED) is 0.851. The Labute approximate surface area is 136 Å². The zero-order valence-corrected chi connectivity index (χ0v) is 13.8. The molecule has 1 aromatic carbocycles. The van der Waals surface area contributed by atoms with Crippen molar-refractivity contribution in [2.45, 2.75) is 32.7 Å². The first-order valence-electron chi connectivity index (χ1n) is 8.16. The van der Waals surface area contributed by atoms with E-state index < -0.39 is 0 Å². The van der Waals surface area contributed by atoms with Gasteiger partial charge >= 0.3 is 0 Å². The van der Waals surface area contributed by atoms with E-state index in [1.165, 1.54) is 5.56 Å². The highest BCUT2D eigenvalue weighted by Gasteiger charge is 2.23. The fourth-order valence-electron chi connectivity index (χ4n) is 2.91. The van der Waals surface area contributed by atoms with Crippen molar-refractivity contribution in [3.63, 3.8) is 0 Å². The van der Waals surface area contributed by atoms with Crippen molar-refractivity contribution in [3.05, 3.63) is 47.5 Å². The standard InChI is InChI=1S/C18H23N3O2/c1-3-4-14-5-7-15(8-6-14)23-12-18(22)21-10-9-16-17(11-21)20(2)13-19-16/h5-8,13H,3-4,9-12H2,1-2H3. The Balaban J connectivity index is 1.54. The van der Waals surface area contributed by atoms with Gasteiger partial charge in [-0.1, -0.05) is 25.5 Å². The topological polar surface area (TPSA) is 47.4 Å². The molecule has 0 radical (unpaired) electrons. The summed E-state index contributed by atoms with van der Waals surface area (Å²) in [6.45, 7) is 3.57. The van der Waals surface area contributed by atoms with Crippen LogP contribution in [0.5, 0.6) is 5.75 Å². The first-order chi connectivity index (χ1) is 11.2. The lowest BCUT2D eigenvalue weighted by Crippen LogP contribution is -2.39. The highest BCUT2D eigenvalue weighted by Crippen LogP contribution is 2.18. The monoisotopic (exact) mass is 313 g/mol. The van der Waals surface area contributed by atoms with Gasteiger partial charge in [0.2, 0.25) is 0 Å². The van der Waals surface area contributed by atoms with Gasteiger partial charge in [-0.2, -0.15) is 0 Å². The molecule has 5 nitrogen and oxygen atoms in total. The lowest BCUT2D eigenvalue weighted by Gasteiger charge is -2.27. The largest absolute Gasteiger partial charge is 0.484 e.